The molecular formula is C20H22ClFN2O. The lowest BCUT2D eigenvalue weighted by Gasteiger charge is -2.33. The summed E-state index contributed by atoms with van der Waals surface area (Å²) in [6.07, 6.45) is 0. The Hall–Kier alpha value is -1.91. The van der Waals surface area contributed by atoms with E-state index in [1.165, 1.54) is 6.07 Å². The van der Waals surface area contributed by atoms with Crippen LogP contribution >= 0.6 is 11.6 Å². The molecule has 2 aromatic rings. The second-order valence-corrected chi connectivity index (χ2v) is 7.09. The van der Waals surface area contributed by atoms with Crippen molar-refractivity contribution in [1.29, 1.82) is 0 Å². The van der Waals surface area contributed by atoms with Crippen LogP contribution in [-0.4, -0.2) is 19.0 Å². The smallest absolute Gasteiger partial charge is 0.223 e. The number of halogens is 2. The summed E-state index contributed by atoms with van der Waals surface area (Å²) >= 11 is 6.37. The van der Waals surface area contributed by atoms with E-state index in [1.54, 1.807) is 25.1 Å². The number of hydrogen-bond donors (Lipinski definition) is 2. The summed E-state index contributed by atoms with van der Waals surface area (Å²) in [7, 11) is 0. The third kappa shape index (κ3) is 3.86. The fourth-order valence-electron chi connectivity index (χ4n) is 3.05. The number of carbonyl (C=O) groups is 1. The Morgan fingerprint density at radius 1 is 1.28 bits per heavy atom. The van der Waals surface area contributed by atoms with Gasteiger partial charge in [-0.3, -0.25) is 4.79 Å². The molecule has 3 rings (SSSR count). The normalized spacial score (nSPS) is 16.8. The van der Waals surface area contributed by atoms with Crippen LogP contribution < -0.4 is 10.6 Å². The molecule has 2 N–H and O–H groups in total. The van der Waals surface area contributed by atoms with Crippen LogP contribution in [0.1, 0.15) is 29.7 Å². The Morgan fingerprint density at radius 2 is 2.00 bits per heavy atom. The maximum atomic E-state index is 13.7. The quantitative estimate of drug-likeness (QED) is 0.850. The van der Waals surface area contributed by atoms with E-state index in [-0.39, 0.29) is 17.6 Å². The maximum Gasteiger partial charge on any atom is 0.223 e. The van der Waals surface area contributed by atoms with Crippen molar-refractivity contribution in [2.75, 3.05) is 13.1 Å². The molecule has 0 bridgehead atoms. The van der Waals surface area contributed by atoms with Gasteiger partial charge in [0.25, 0.3) is 0 Å². The van der Waals surface area contributed by atoms with Gasteiger partial charge in [-0.15, -0.1) is 0 Å². The topological polar surface area (TPSA) is 41.1 Å². The number of nitrogens with one attached hydrogen (secondary N) is 2. The zero-order chi connectivity index (χ0) is 18.0. The van der Waals surface area contributed by atoms with Crippen molar-refractivity contribution in [2.45, 2.75) is 19.9 Å². The van der Waals surface area contributed by atoms with Crippen LogP contribution in [0.2, 0.25) is 5.02 Å². The third-order valence-electron chi connectivity index (χ3n) is 4.95. The summed E-state index contributed by atoms with van der Waals surface area (Å²) in [6.45, 7) is 5.38. The molecule has 1 fully saturated rings. The van der Waals surface area contributed by atoms with E-state index in [9.17, 15) is 9.18 Å². The summed E-state index contributed by atoms with van der Waals surface area (Å²) in [4.78, 5) is 12.7. The van der Waals surface area contributed by atoms with Gasteiger partial charge in [0.15, 0.2) is 0 Å². The number of hydrogen-bond acceptors (Lipinski definition) is 2. The Bertz CT molecular complexity index is 776. The Morgan fingerprint density at radius 3 is 2.60 bits per heavy atom. The lowest BCUT2D eigenvalue weighted by Crippen LogP contribution is -2.50. The van der Waals surface area contributed by atoms with Crippen LogP contribution in [-0.2, 0) is 4.79 Å². The molecule has 5 heteroatoms. The Kier molecular flexibility index (Phi) is 5.40. The van der Waals surface area contributed by atoms with Crippen molar-refractivity contribution in [3.05, 3.63) is 70.0 Å². The lowest BCUT2D eigenvalue weighted by molar-refractivity contribution is -0.127. The summed E-state index contributed by atoms with van der Waals surface area (Å²) < 4.78 is 13.7. The highest BCUT2D eigenvalue weighted by molar-refractivity contribution is 6.31. The van der Waals surface area contributed by atoms with Crippen molar-refractivity contribution >= 4 is 17.5 Å². The zero-order valence-corrected chi connectivity index (χ0v) is 15.1. The molecular weight excluding hydrogens is 339 g/mol. The van der Waals surface area contributed by atoms with E-state index in [0.29, 0.717) is 16.5 Å². The van der Waals surface area contributed by atoms with Gasteiger partial charge in [0, 0.05) is 10.9 Å². The average Bonchev–Trinajstić information content (AvgIpc) is 2.54. The minimum absolute atomic E-state index is 0.0154. The van der Waals surface area contributed by atoms with Crippen LogP contribution in [0.3, 0.4) is 0 Å². The largest absolute Gasteiger partial charge is 0.345 e. The van der Waals surface area contributed by atoms with Gasteiger partial charge in [0.1, 0.15) is 5.82 Å². The highest BCUT2D eigenvalue weighted by Crippen LogP contribution is 2.30. The molecule has 2 aromatic carbocycles. The minimum Gasteiger partial charge on any atom is -0.345 e. The molecule has 0 aromatic heterocycles. The van der Waals surface area contributed by atoms with E-state index in [4.69, 9.17) is 11.6 Å². The molecule has 0 aliphatic carbocycles. The first-order valence-corrected chi connectivity index (χ1v) is 8.86. The number of aryl methyl sites for hydroxylation is 1. The molecule has 132 valence electrons. The zero-order valence-electron chi connectivity index (χ0n) is 14.4. The fraction of sp³-hybridized carbons (Fsp3) is 0.350. The van der Waals surface area contributed by atoms with Crippen molar-refractivity contribution < 1.29 is 9.18 Å². The number of rotatable bonds is 5. The van der Waals surface area contributed by atoms with E-state index < -0.39 is 6.04 Å². The Labute approximate surface area is 152 Å². The molecule has 0 spiro atoms. The maximum absolute atomic E-state index is 13.7. The predicted molar refractivity (Wildman–Crippen MR) is 98.1 cm³/mol. The van der Waals surface area contributed by atoms with Crippen molar-refractivity contribution in [3.63, 3.8) is 0 Å². The molecule has 1 aliphatic rings. The predicted octanol–water partition coefficient (Wildman–Crippen LogP) is 3.85. The van der Waals surface area contributed by atoms with E-state index in [1.807, 2.05) is 25.1 Å². The first kappa shape index (κ1) is 17.9. The van der Waals surface area contributed by atoms with Crippen molar-refractivity contribution in [1.82, 2.24) is 10.6 Å². The van der Waals surface area contributed by atoms with Gasteiger partial charge >= 0.3 is 0 Å². The van der Waals surface area contributed by atoms with Gasteiger partial charge in [0.2, 0.25) is 5.91 Å². The molecule has 1 heterocycles. The molecule has 0 saturated carbocycles. The second kappa shape index (κ2) is 7.54. The number of benzene rings is 2. The molecule has 0 radical (unpaired) electrons. The van der Waals surface area contributed by atoms with Crippen LogP contribution in [0.25, 0.3) is 0 Å². The van der Waals surface area contributed by atoms with Gasteiger partial charge in [0.05, 0.1) is 6.04 Å². The second-order valence-electron chi connectivity index (χ2n) is 6.68. The molecule has 1 aliphatic heterocycles. The number of carbonyl (C=O) groups excluding carboxylic acids is 1. The third-order valence-corrected chi connectivity index (χ3v) is 5.30. The fourth-order valence-corrected chi connectivity index (χ4v) is 3.29. The first-order chi connectivity index (χ1) is 12.0. The van der Waals surface area contributed by atoms with E-state index in [0.717, 1.165) is 24.2 Å². The highest BCUT2D eigenvalue weighted by atomic mass is 35.5. The van der Waals surface area contributed by atoms with Gasteiger partial charge in [-0.25, -0.2) is 4.39 Å². The molecule has 3 nitrogen and oxygen atoms in total. The van der Waals surface area contributed by atoms with E-state index >= 15 is 0 Å². The highest BCUT2D eigenvalue weighted by Gasteiger charge is 2.30. The van der Waals surface area contributed by atoms with Crippen LogP contribution in [0, 0.1) is 24.6 Å². The summed E-state index contributed by atoms with van der Waals surface area (Å²) in [5, 5.41) is 6.88. The summed E-state index contributed by atoms with van der Waals surface area (Å²) in [6, 6.07) is 11.9. The van der Waals surface area contributed by atoms with Gasteiger partial charge in [-0.2, -0.15) is 0 Å². The average molecular weight is 361 g/mol. The molecule has 2 unspecified atom stereocenters. The number of amides is 1. The summed E-state index contributed by atoms with van der Waals surface area (Å²) in [5.41, 5.74) is 2.17. The van der Waals surface area contributed by atoms with Crippen LogP contribution in [0.5, 0.6) is 0 Å². The van der Waals surface area contributed by atoms with Gasteiger partial charge < -0.3 is 10.6 Å². The van der Waals surface area contributed by atoms with Crippen molar-refractivity contribution in [2.24, 2.45) is 11.8 Å². The van der Waals surface area contributed by atoms with Crippen molar-refractivity contribution in [3.8, 4) is 0 Å². The molecule has 25 heavy (non-hydrogen) atoms. The van der Waals surface area contributed by atoms with Gasteiger partial charge in [-0.1, -0.05) is 48.9 Å². The SMILES string of the molecule is Cc1cc(C(NC(=O)C(C)C2CNC2)c2ccccc2Cl)ccc1F. The molecule has 1 amide bonds. The van der Waals surface area contributed by atoms with Crippen LogP contribution in [0.4, 0.5) is 4.39 Å². The summed E-state index contributed by atoms with van der Waals surface area (Å²) in [5.74, 6) is -0.0186. The van der Waals surface area contributed by atoms with E-state index in [2.05, 4.69) is 10.6 Å². The Balaban J connectivity index is 1.92. The minimum atomic E-state index is -0.406. The first-order valence-electron chi connectivity index (χ1n) is 8.49. The molecule has 2 atom stereocenters. The van der Waals surface area contributed by atoms with Gasteiger partial charge in [-0.05, 0) is 54.8 Å². The molecule has 1 saturated heterocycles. The van der Waals surface area contributed by atoms with Crippen LogP contribution in [0.15, 0.2) is 42.5 Å². The monoisotopic (exact) mass is 360 g/mol. The lowest BCUT2D eigenvalue weighted by atomic mass is 9.87. The standard InChI is InChI=1S/C20H22ClFN2O/c1-12-9-14(7-8-18(12)22)19(16-5-3-4-6-17(16)21)24-20(25)13(2)15-10-23-11-15/h3-9,13,15,19,23H,10-11H2,1-2H3,(H,24,25).